The number of sulfonamides is 1. The largest absolute Gasteiger partial charge is 0.346 e. The second-order valence-corrected chi connectivity index (χ2v) is 8.28. The van der Waals surface area contributed by atoms with Gasteiger partial charge in [0.1, 0.15) is 0 Å². The van der Waals surface area contributed by atoms with Gasteiger partial charge in [0.15, 0.2) is 0 Å². The van der Waals surface area contributed by atoms with E-state index in [1.54, 1.807) is 12.3 Å². The molecule has 1 atom stereocenters. The van der Waals surface area contributed by atoms with Crippen LogP contribution in [0.1, 0.15) is 45.9 Å². The minimum absolute atomic E-state index is 0.0580. The molecule has 0 aromatic carbocycles. The lowest BCUT2D eigenvalue weighted by molar-refractivity contribution is 0.551. The third-order valence-electron chi connectivity index (χ3n) is 3.94. The first-order valence-corrected chi connectivity index (χ1v) is 8.53. The van der Waals surface area contributed by atoms with Gasteiger partial charge in [0.25, 0.3) is 0 Å². The molecule has 0 spiro atoms. The summed E-state index contributed by atoms with van der Waals surface area (Å²) in [5.41, 5.74) is 1.07. The predicted octanol–water partition coefficient (Wildman–Crippen LogP) is 1.87. The molecular weight excluding hydrogens is 274 g/mol. The lowest BCUT2D eigenvalue weighted by Gasteiger charge is -2.12. The fourth-order valence-electron chi connectivity index (χ4n) is 2.37. The standard InChI is InChI=1S/C14H25N3O2S/c1-10(2)17-9-12(6-11(17)8-15-5)20(18,19)16-13-7-14(13,3)4/h6,9-10,13,15-16H,7-8H2,1-5H3. The Morgan fingerprint density at radius 1 is 1.45 bits per heavy atom. The zero-order chi connectivity index (χ0) is 15.1. The minimum atomic E-state index is -3.42. The van der Waals surface area contributed by atoms with Crippen LogP contribution in [0.15, 0.2) is 17.2 Å². The topological polar surface area (TPSA) is 63.1 Å². The summed E-state index contributed by atoms with van der Waals surface area (Å²) in [7, 11) is -1.56. The van der Waals surface area contributed by atoms with Gasteiger partial charge in [-0.3, -0.25) is 0 Å². The molecule has 2 rings (SSSR count). The fourth-order valence-corrected chi connectivity index (χ4v) is 3.83. The normalized spacial score (nSPS) is 21.4. The third-order valence-corrected chi connectivity index (χ3v) is 5.38. The van der Waals surface area contributed by atoms with Crippen LogP contribution in [0, 0.1) is 5.41 Å². The van der Waals surface area contributed by atoms with Gasteiger partial charge in [-0.2, -0.15) is 0 Å². The van der Waals surface area contributed by atoms with Crippen LogP contribution in [0.2, 0.25) is 0 Å². The summed E-state index contributed by atoms with van der Waals surface area (Å²) >= 11 is 0. The molecule has 0 amide bonds. The maximum absolute atomic E-state index is 12.4. The van der Waals surface area contributed by atoms with Crippen molar-refractivity contribution in [3.8, 4) is 0 Å². The van der Waals surface area contributed by atoms with Crippen molar-refractivity contribution in [2.45, 2.75) is 57.6 Å². The van der Waals surface area contributed by atoms with Gasteiger partial charge in [-0.05, 0) is 38.8 Å². The smallest absolute Gasteiger partial charge is 0.242 e. The molecule has 2 N–H and O–H groups in total. The van der Waals surface area contributed by atoms with E-state index in [-0.39, 0.29) is 17.5 Å². The Hall–Kier alpha value is -0.850. The van der Waals surface area contributed by atoms with E-state index in [2.05, 4.69) is 23.9 Å². The molecule has 5 nitrogen and oxygen atoms in total. The third kappa shape index (κ3) is 3.07. The van der Waals surface area contributed by atoms with Crippen molar-refractivity contribution in [3.63, 3.8) is 0 Å². The number of nitrogens with one attached hydrogen (secondary N) is 2. The van der Waals surface area contributed by atoms with Crippen molar-refractivity contribution in [3.05, 3.63) is 18.0 Å². The van der Waals surface area contributed by atoms with Gasteiger partial charge in [0.05, 0.1) is 4.90 Å². The van der Waals surface area contributed by atoms with Crippen LogP contribution in [0.5, 0.6) is 0 Å². The van der Waals surface area contributed by atoms with Gasteiger partial charge in [-0.15, -0.1) is 0 Å². The summed E-state index contributed by atoms with van der Waals surface area (Å²) in [5.74, 6) is 0. The molecule has 1 saturated carbocycles. The number of hydrogen-bond acceptors (Lipinski definition) is 3. The molecule has 20 heavy (non-hydrogen) atoms. The van der Waals surface area contributed by atoms with Gasteiger partial charge >= 0.3 is 0 Å². The predicted molar refractivity (Wildman–Crippen MR) is 80.1 cm³/mol. The van der Waals surface area contributed by atoms with Crippen molar-refractivity contribution in [2.24, 2.45) is 5.41 Å². The first kappa shape index (κ1) is 15.5. The molecule has 0 saturated heterocycles. The highest BCUT2D eigenvalue weighted by molar-refractivity contribution is 7.89. The molecule has 1 heterocycles. The molecule has 6 heteroatoms. The van der Waals surface area contributed by atoms with Crippen LogP contribution >= 0.6 is 0 Å². The molecule has 0 bridgehead atoms. The SMILES string of the molecule is CNCc1cc(S(=O)(=O)NC2CC2(C)C)cn1C(C)C. The van der Waals surface area contributed by atoms with E-state index in [1.807, 2.05) is 25.5 Å². The van der Waals surface area contributed by atoms with Crippen molar-refractivity contribution in [1.82, 2.24) is 14.6 Å². The van der Waals surface area contributed by atoms with E-state index in [0.717, 1.165) is 12.1 Å². The Labute approximate surface area is 121 Å². The van der Waals surface area contributed by atoms with E-state index in [9.17, 15) is 8.42 Å². The molecule has 1 fully saturated rings. The molecule has 1 aliphatic rings. The van der Waals surface area contributed by atoms with Crippen LogP contribution in [0.25, 0.3) is 0 Å². The summed E-state index contributed by atoms with van der Waals surface area (Å²) in [6, 6.07) is 2.05. The minimum Gasteiger partial charge on any atom is -0.346 e. The Kier molecular flexibility index (Phi) is 4.01. The number of rotatable bonds is 6. The number of hydrogen-bond donors (Lipinski definition) is 2. The second kappa shape index (κ2) is 5.16. The van der Waals surface area contributed by atoms with Crippen molar-refractivity contribution in [2.75, 3.05) is 7.05 Å². The maximum atomic E-state index is 12.4. The van der Waals surface area contributed by atoms with E-state index >= 15 is 0 Å². The van der Waals surface area contributed by atoms with Crippen molar-refractivity contribution < 1.29 is 8.42 Å². The number of aromatic nitrogens is 1. The van der Waals surface area contributed by atoms with Crippen LogP contribution in [0.3, 0.4) is 0 Å². The average molecular weight is 299 g/mol. The van der Waals surface area contributed by atoms with E-state index in [0.29, 0.717) is 11.4 Å². The van der Waals surface area contributed by atoms with Gasteiger partial charge in [0, 0.05) is 30.5 Å². The number of nitrogens with zero attached hydrogens (tertiary/aromatic N) is 1. The Morgan fingerprint density at radius 3 is 2.50 bits per heavy atom. The molecule has 0 radical (unpaired) electrons. The second-order valence-electron chi connectivity index (χ2n) is 6.57. The van der Waals surface area contributed by atoms with Crippen LogP contribution in [0.4, 0.5) is 0 Å². The van der Waals surface area contributed by atoms with E-state index < -0.39 is 10.0 Å². The van der Waals surface area contributed by atoms with E-state index in [4.69, 9.17) is 0 Å². The van der Waals surface area contributed by atoms with Crippen LogP contribution < -0.4 is 10.0 Å². The summed E-state index contributed by atoms with van der Waals surface area (Å²) < 4.78 is 29.6. The zero-order valence-corrected chi connectivity index (χ0v) is 13.7. The summed E-state index contributed by atoms with van der Waals surface area (Å²) in [5, 5.41) is 3.07. The van der Waals surface area contributed by atoms with Gasteiger partial charge < -0.3 is 9.88 Å². The molecule has 0 aliphatic heterocycles. The highest BCUT2D eigenvalue weighted by atomic mass is 32.2. The lowest BCUT2D eigenvalue weighted by Crippen LogP contribution is -2.28. The van der Waals surface area contributed by atoms with Gasteiger partial charge in [0.2, 0.25) is 10.0 Å². The molecule has 114 valence electrons. The van der Waals surface area contributed by atoms with E-state index in [1.165, 1.54) is 0 Å². The highest BCUT2D eigenvalue weighted by Crippen LogP contribution is 2.45. The summed E-state index contributed by atoms with van der Waals surface area (Å²) in [6.45, 7) is 8.90. The Morgan fingerprint density at radius 2 is 2.05 bits per heavy atom. The van der Waals surface area contributed by atoms with Gasteiger partial charge in [-0.1, -0.05) is 13.8 Å². The zero-order valence-electron chi connectivity index (χ0n) is 12.9. The molecule has 1 aromatic rings. The summed E-state index contributed by atoms with van der Waals surface area (Å²) in [6.07, 6.45) is 2.63. The van der Waals surface area contributed by atoms with Crippen LogP contribution in [-0.2, 0) is 16.6 Å². The molecular formula is C14H25N3O2S. The first-order chi connectivity index (χ1) is 9.17. The first-order valence-electron chi connectivity index (χ1n) is 7.05. The fraction of sp³-hybridized carbons (Fsp3) is 0.714. The van der Waals surface area contributed by atoms with Crippen molar-refractivity contribution in [1.29, 1.82) is 0 Å². The lowest BCUT2D eigenvalue weighted by atomic mass is 10.2. The average Bonchev–Trinajstić information content (AvgIpc) is 2.75. The van der Waals surface area contributed by atoms with Crippen molar-refractivity contribution >= 4 is 10.0 Å². The van der Waals surface area contributed by atoms with Crippen LogP contribution in [-0.4, -0.2) is 26.1 Å². The quantitative estimate of drug-likeness (QED) is 0.843. The highest BCUT2D eigenvalue weighted by Gasteiger charge is 2.48. The summed E-state index contributed by atoms with van der Waals surface area (Å²) in [4.78, 5) is 0.360. The van der Waals surface area contributed by atoms with Gasteiger partial charge in [-0.25, -0.2) is 13.1 Å². The molecule has 1 aliphatic carbocycles. The monoisotopic (exact) mass is 299 g/mol. The maximum Gasteiger partial charge on any atom is 0.242 e. The molecule has 1 aromatic heterocycles. The molecule has 1 unspecified atom stereocenters. The Bertz CT molecular complexity index is 588. The Balaban J connectivity index is 2.25.